The van der Waals surface area contributed by atoms with Crippen LogP contribution in [0.25, 0.3) is 11.2 Å². The van der Waals surface area contributed by atoms with Crippen molar-refractivity contribution >= 4 is 17.3 Å². The molecule has 2 fully saturated rings. The molecule has 0 spiro atoms. The van der Waals surface area contributed by atoms with E-state index in [1.165, 1.54) is 17.4 Å². The summed E-state index contributed by atoms with van der Waals surface area (Å²) in [4.78, 5) is 46.1. The highest BCUT2D eigenvalue weighted by Gasteiger charge is 2.43. The fraction of sp³-hybridized carbons (Fsp3) is 0.769. The van der Waals surface area contributed by atoms with Crippen LogP contribution in [0.1, 0.15) is 84.9 Å². The summed E-state index contributed by atoms with van der Waals surface area (Å²) in [6, 6.07) is 0.422. The van der Waals surface area contributed by atoms with E-state index in [1.807, 2.05) is 34.6 Å². The number of ether oxygens (including phenoxy) is 1. The summed E-state index contributed by atoms with van der Waals surface area (Å²) in [5.74, 6) is 2.13. The topological polar surface area (TPSA) is 123 Å². The molecule has 0 aliphatic heterocycles. The quantitative estimate of drug-likeness (QED) is 0.453. The fourth-order valence-electron chi connectivity index (χ4n) is 6.03. The number of rotatable bonds is 9. The van der Waals surface area contributed by atoms with Crippen molar-refractivity contribution in [2.75, 3.05) is 13.1 Å². The maximum atomic E-state index is 13.1. The number of hydrogen-bond acceptors (Lipinski definition) is 6. The van der Waals surface area contributed by atoms with Gasteiger partial charge in [0.1, 0.15) is 16.9 Å². The number of amides is 1. The Morgan fingerprint density at radius 1 is 1.06 bits per heavy atom. The van der Waals surface area contributed by atoms with Gasteiger partial charge in [0, 0.05) is 38.1 Å². The Hall–Kier alpha value is -2.62. The average Bonchev–Trinajstić information content (AvgIpc) is 3.34. The second kappa shape index (κ2) is 10.8. The van der Waals surface area contributed by atoms with Crippen molar-refractivity contribution in [1.29, 1.82) is 0 Å². The van der Waals surface area contributed by atoms with Gasteiger partial charge in [-0.15, -0.1) is 0 Å². The monoisotopic (exact) mass is 502 g/mol. The Morgan fingerprint density at radius 2 is 1.69 bits per heavy atom. The van der Waals surface area contributed by atoms with Gasteiger partial charge in [0.05, 0.1) is 0 Å². The molecule has 1 amide bonds. The summed E-state index contributed by atoms with van der Waals surface area (Å²) in [7, 11) is 0. The van der Waals surface area contributed by atoms with Gasteiger partial charge in [-0.25, -0.2) is 14.6 Å². The molecule has 2 unspecified atom stereocenters. The van der Waals surface area contributed by atoms with Crippen LogP contribution in [0.4, 0.5) is 4.79 Å². The van der Waals surface area contributed by atoms with Gasteiger partial charge in [-0.3, -0.25) is 13.9 Å². The van der Waals surface area contributed by atoms with Crippen LogP contribution in [-0.2, 0) is 17.8 Å². The van der Waals surface area contributed by atoms with Gasteiger partial charge in [-0.2, -0.15) is 0 Å². The zero-order valence-electron chi connectivity index (χ0n) is 22.4. The first kappa shape index (κ1) is 26.4. The van der Waals surface area contributed by atoms with Crippen molar-refractivity contribution in [3.8, 4) is 0 Å². The maximum Gasteiger partial charge on any atom is 0.407 e. The highest BCUT2D eigenvalue weighted by Crippen LogP contribution is 2.48. The number of nitrogens with one attached hydrogen (secondary N) is 3. The second-order valence-electron chi connectivity index (χ2n) is 11.4. The molecular formula is C26H42N6O4. The Morgan fingerprint density at radius 3 is 2.31 bits per heavy atom. The third-order valence-corrected chi connectivity index (χ3v) is 7.43. The Bertz CT molecular complexity index is 1180. The third-order valence-electron chi connectivity index (χ3n) is 7.43. The summed E-state index contributed by atoms with van der Waals surface area (Å²) in [6.45, 7) is 11.7. The molecule has 2 bridgehead atoms. The molecule has 10 heteroatoms. The van der Waals surface area contributed by atoms with Crippen molar-refractivity contribution in [1.82, 2.24) is 29.7 Å². The molecule has 2 aliphatic carbocycles. The SMILES string of the molecule is CCCn1c(=O)c2[nH]c(C3CC4CCC(C3)C4NCCNC(=O)OC(C)(C)C)nc2n(CCC)c1=O. The molecule has 2 aromatic heterocycles. The van der Waals surface area contributed by atoms with Crippen LogP contribution in [0, 0.1) is 11.8 Å². The number of aromatic amines is 1. The summed E-state index contributed by atoms with van der Waals surface area (Å²) in [6.07, 6.45) is 5.46. The van der Waals surface area contributed by atoms with Crippen LogP contribution < -0.4 is 21.9 Å². The van der Waals surface area contributed by atoms with Crippen molar-refractivity contribution in [3.05, 3.63) is 26.7 Å². The van der Waals surface area contributed by atoms with Gasteiger partial charge in [-0.1, -0.05) is 13.8 Å². The van der Waals surface area contributed by atoms with Crippen LogP contribution in [0.15, 0.2) is 9.59 Å². The third kappa shape index (κ3) is 5.53. The number of carbonyl (C=O) groups excluding carboxylic acids is 1. The molecule has 2 aliphatic rings. The molecular weight excluding hydrogens is 460 g/mol. The number of alkyl carbamates (subject to hydrolysis) is 1. The number of fused-ring (bicyclic) bond motifs is 3. The molecule has 2 saturated carbocycles. The van der Waals surface area contributed by atoms with Gasteiger partial charge >= 0.3 is 11.8 Å². The molecule has 2 heterocycles. The molecule has 0 aromatic carbocycles. The predicted octanol–water partition coefficient (Wildman–Crippen LogP) is 3.09. The Labute approximate surface area is 212 Å². The predicted molar refractivity (Wildman–Crippen MR) is 139 cm³/mol. The fourth-order valence-corrected chi connectivity index (χ4v) is 6.03. The number of carbonyl (C=O) groups is 1. The van der Waals surface area contributed by atoms with E-state index in [0.29, 0.717) is 55.2 Å². The lowest BCUT2D eigenvalue weighted by molar-refractivity contribution is 0.0527. The molecule has 0 saturated heterocycles. The number of H-pyrrole nitrogens is 1. The summed E-state index contributed by atoms with van der Waals surface area (Å²) >= 11 is 0. The lowest BCUT2D eigenvalue weighted by Gasteiger charge is -2.35. The first-order chi connectivity index (χ1) is 17.1. The summed E-state index contributed by atoms with van der Waals surface area (Å²) in [5, 5.41) is 6.48. The minimum atomic E-state index is -0.500. The molecule has 0 radical (unpaired) electrons. The van der Waals surface area contributed by atoms with Crippen LogP contribution in [0.2, 0.25) is 0 Å². The van der Waals surface area contributed by atoms with Crippen LogP contribution in [0.5, 0.6) is 0 Å². The van der Waals surface area contributed by atoms with Crippen molar-refractivity contribution in [3.63, 3.8) is 0 Å². The highest BCUT2D eigenvalue weighted by molar-refractivity contribution is 5.70. The smallest absolute Gasteiger partial charge is 0.407 e. The van der Waals surface area contributed by atoms with Crippen molar-refractivity contribution in [2.45, 2.75) is 104 Å². The molecule has 200 valence electrons. The maximum absolute atomic E-state index is 13.1. The lowest BCUT2D eigenvalue weighted by Crippen LogP contribution is -2.45. The summed E-state index contributed by atoms with van der Waals surface area (Å²) < 4.78 is 8.30. The Kier molecular flexibility index (Phi) is 7.92. The lowest BCUT2D eigenvalue weighted by atomic mass is 9.77. The zero-order valence-corrected chi connectivity index (χ0v) is 22.4. The Balaban J connectivity index is 1.44. The van der Waals surface area contributed by atoms with E-state index in [4.69, 9.17) is 9.72 Å². The second-order valence-corrected chi connectivity index (χ2v) is 11.4. The molecule has 2 aromatic rings. The van der Waals surface area contributed by atoms with E-state index >= 15 is 0 Å². The van der Waals surface area contributed by atoms with Gasteiger partial charge in [-0.05, 0) is 71.1 Å². The van der Waals surface area contributed by atoms with Gasteiger partial charge in [0.25, 0.3) is 5.56 Å². The van der Waals surface area contributed by atoms with Crippen LogP contribution in [-0.4, -0.2) is 49.9 Å². The first-order valence-electron chi connectivity index (χ1n) is 13.6. The minimum absolute atomic E-state index is 0.247. The van der Waals surface area contributed by atoms with E-state index in [2.05, 4.69) is 15.6 Å². The molecule has 2 atom stereocenters. The van der Waals surface area contributed by atoms with E-state index in [9.17, 15) is 14.4 Å². The van der Waals surface area contributed by atoms with Gasteiger partial charge in [0.2, 0.25) is 0 Å². The average molecular weight is 503 g/mol. The minimum Gasteiger partial charge on any atom is -0.444 e. The van der Waals surface area contributed by atoms with Gasteiger partial charge in [0.15, 0.2) is 5.65 Å². The number of aromatic nitrogens is 4. The standard InChI is InChI=1S/C26H42N6O4/c1-6-12-31-22-20(23(33)32(13-7-2)25(31)35)29-21(30-22)18-14-16-8-9-17(15-18)19(16)27-10-11-28-24(34)36-26(3,4)5/h16-19,27H,6-15H2,1-5H3,(H,28,34)(H,29,30). The van der Waals surface area contributed by atoms with Crippen LogP contribution in [0.3, 0.4) is 0 Å². The number of aryl methyl sites for hydroxylation is 1. The largest absolute Gasteiger partial charge is 0.444 e. The molecule has 4 rings (SSSR count). The number of imidazole rings is 1. The van der Waals surface area contributed by atoms with Crippen molar-refractivity contribution in [2.24, 2.45) is 11.8 Å². The molecule has 3 N–H and O–H groups in total. The van der Waals surface area contributed by atoms with E-state index in [1.54, 1.807) is 4.57 Å². The van der Waals surface area contributed by atoms with E-state index in [-0.39, 0.29) is 23.3 Å². The molecule has 10 nitrogen and oxygen atoms in total. The van der Waals surface area contributed by atoms with Gasteiger partial charge < -0.3 is 20.4 Å². The van der Waals surface area contributed by atoms with Crippen LogP contribution >= 0.6 is 0 Å². The van der Waals surface area contributed by atoms with E-state index in [0.717, 1.165) is 31.5 Å². The zero-order chi connectivity index (χ0) is 26.0. The highest BCUT2D eigenvalue weighted by atomic mass is 16.6. The number of hydrogen-bond donors (Lipinski definition) is 3. The van der Waals surface area contributed by atoms with Crippen molar-refractivity contribution < 1.29 is 9.53 Å². The number of nitrogens with zero attached hydrogens (tertiary/aromatic N) is 3. The first-order valence-corrected chi connectivity index (χ1v) is 13.6. The normalized spacial score (nSPS) is 23.8. The molecule has 36 heavy (non-hydrogen) atoms. The summed E-state index contributed by atoms with van der Waals surface area (Å²) in [5.41, 5.74) is -0.0804. The van der Waals surface area contributed by atoms with E-state index < -0.39 is 5.60 Å².